The van der Waals surface area contributed by atoms with E-state index >= 15 is 0 Å². The van der Waals surface area contributed by atoms with Gasteiger partial charge in [0.25, 0.3) is 11.5 Å². The van der Waals surface area contributed by atoms with Crippen LogP contribution in [0.2, 0.25) is 0 Å². The number of carbonyl (C=O) groups excluding carboxylic acids is 1. The van der Waals surface area contributed by atoms with Gasteiger partial charge in [0.05, 0.1) is 12.6 Å². The number of nitrogens with zero attached hydrogens (tertiary/aromatic N) is 6. The van der Waals surface area contributed by atoms with Crippen molar-refractivity contribution in [3.63, 3.8) is 0 Å². The Balaban J connectivity index is 1.50. The number of nitrogens with one attached hydrogen (secondary N) is 1. The fraction of sp³-hybridized carbons (Fsp3) is 0.471. The molecule has 5 rings (SSSR count). The number of hydrogen-bond donors (Lipinski definition) is 1. The van der Waals surface area contributed by atoms with Crippen LogP contribution < -0.4 is 5.56 Å². The van der Waals surface area contributed by atoms with E-state index in [-0.39, 0.29) is 23.1 Å². The Bertz CT molecular complexity index is 1090. The Hall–Kier alpha value is -2.97. The van der Waals surface area contributed by atoms with Gasteiger partial charge in [0.1, 0.15) is 11.4 Å². The molecule has 3 aromatic heterocycles. The largest absolute Gasteiger partial charge is 0.327 e. The Morgan fingerprint density at radius 1 is 1.31 bits per heavy atom. The average Bonchev–Trinajstić information content (AvgIpc) is 3.25. The molecule has 3 aromatic rings. The Morgan fingerprint density at radius 2 is 2.12 bits per heavy atom. The van der Waals surface area contributed by atoms with Crippen molar-refractivity contribution >= 4 is 11.6 Å². The van der Waals surface area contributed by atoms with Crippen molar-refractivity contribution in [2.24, 2.45) is 0 Å². The van der Waals surface area contributed by atoms with Crippen LogP contribution in [0.5, 0.6) is 0 Å². The fourth-order valence-electron chi connectivity index (χ4n) is 3.56. The molecule has 1 saturated carbocycles. The second kappa shape index (κ2) is 5.26. The van der Waals surface area contributed by atoms with E-state index < -0.39 is 0 Å². The van der Waals surface area contributed by atoms with Gasteiger partial charge in [-0.2, -0.15) is 5.10 Å². The van der Waals surface area contributed by atoms with Crippen molar-refractivity contribution < 1.29 is 4.79 Å². The van der Waals surface area contributed by atoms with Gasteiger partial charge in [-0.1, -0.05) is 0 Å². The number of fused-ring (bicyclic) bond motifs is 2. The molecule has 2 aliphatic rings. The zero-order valence-corrected chi connectivity index (χ0v) is 14.6. The number of aromatic nitrogens is 6. The summed E-state index contributed by atoms with van der Waals surface area (Å²) in [5, 5.41) is 7.49. The number of amides is 1. The number of hydrogen-bond acceptors (Lipinski definition) is 5. The van der Waals surface area contributed by atoms with Crippen LogP contribution in [0.15, 0.2) is 17.1 Å². The van der Waals surface area contributed by atoms with Crippen molar-refractivity contribution in [1.82, 2.24) is 34.3 Å². The number of H-pyrrole nitrogens is 1. The second-order valence-corrected chi connectivity index (χ2v) is 7.11. The van der Waals surface area contributed by atoms with Crippen molar-refractivity contribution in [3.05, 3.63) is 45.5 Å². The highest BCUT2D eigenvalue weighted by Crippen LogP contribution is 2.39. The minimum atomic E-state index is -0.383. The van der Waals surface area contributed by atoms with Gasteiger partial charge in [0, 0.05) is 30.4 Å². The molecular weight excluding hydrogens is 334 g/mol. The molecule has 0 spiro atoms. The maximum absolute atomic E-state index is 13.0. The number of carbonyl (C=O) groups is 1. The fourth-order valence-corrected chi connectivity index (χ4v) is 3.56. The van der Waals surface area contributed by atoms with E-state index in [1.54, 1.807) is 11.0 Å². The van der Waals surface area contributed by atoms with Crippen molar-refractivity contribution in [2.45, 2.75) is 45.2 Å². The summed E-state index contributed by atoms with van der Waals surface area (Å²) in [5.41, 5.74) is 0.994. The molecule has 1 atom stereocenters. The molecule has 0 saturated heterocycles. The standard InChI is InChI=1S/C17H19N7O2/c1-9-7-13-18-8-12(17(26)24(13)20-9)16(25)22-5-6-23-15(10(22)2)19-14(21-23)11-3-4-11/h7-8,10-11,20H,3-6H2,1-2H3/t10-/m1/s1. The van der Waals surface area contributed by atoms with Crippen LogP contribution in [0.4, 0.5) is 0 Å². The molecule has 1 aliphatic heterocycles. The predicted octanol–water partition coefficient (Wildman–Crippen LogP) is 1.02. The Kier molecular flexibility index (Phi) is 3.10. The molecular formula is C17H19N7O2. The molecule has 0 radical (unpaired) electrons. The van der Waals surface area contributed by atoms with Gasteiger partial charge in [0.15, 0.2) is 11.5 Å². The highest BCUT2D eigenvalue weighted by Gasteiger charge is 2.35. The quantitative estimate of drug-likeness (QED) is 0.741. The lowest BCUT2D eigenvalue weighted by atomic mass is 10.1. The SMILES string of the molecule is Cc1cc2ncc(C(=O)N3CCn4nc(C5CC5)nc4[C@H]3C)c(=O)n2[nH]1. The first kappa shape index (κ1) is 15.3. The topological polar surface area (TPSA) is 101 Å². The van der Waals surface area contributed by atoms with E-state index in [9.17, 15) is 9.59 Å². The molecule has 1 aliphatic carbocycles. The monoisotopic (exact) mass is 353 g/mol. The molecule has 1 N–H and O–H groups in total. The summed E-state index contributed by atoms with van der Waals surface area (Å²) in [6.45, 7) is 4.85. The van der Waals surface area contributed by atoms with E-state index in [2.05, 4.69) is 20.2 Å². The molecule has 4 heterocycles. The first-order chi connectivity index (χ1) is 12.5. The molecule has 1 amide bonds. The van der Waals surface area contributed by atoms with Crippen LogP contribution in [-0.4, -0.2) is 46.7 Å². The van der Waals surface area contributed by atoms with E-state index in [0.717, 1.165) is 30.2 Å². The van der Waals surface area contributed by atoms with Crippen LogP contribution in [0.25, 0.3) is 5.65 Å². The van der Waals surface area contributed by atoms with Gasteiger partial charge in [-0.25, -0.2) is 19.2 Å². The van der Waals surface area contributed by atoms with Crippen LogP contribution in [-0.2, 0) is 6.54 Å². The van der Waals surface area contributed by atoms with E-state index in [4.69, 9.17) is 0 Å². The summed E-state index contributed by atoms with van der Waals surface area (Å²) in [6, 6.07) is 1.53. The first-order valence-electron chi connectivity index (χ1n) is 8.86. The molecule has 0 bridgehead atoms. The van der Waals surface area contributed by atoms with Gasteiger partial charge < -0.3 is 4.90 Å². The van der Waals surface area contributed by atoms with Gasteiger partial charge in [-0.15, -0.1) is 0 Å². The summed E-state index contributed by atoms with van der Waals surface area (Å²) in [7, 11) is 0. The molecule has 1 fully saturated rings. The summed E-state index contributed by atoms with van der Waals surface area (Å²) in [4.78, 5) is 36.3. The van der Waals surface area contributed by atoms with Gasteiger partial charge in [-0.3, -0.25) is 14.7 Å². The number of rotatable bonds is 2. The zero-order chi connectivity index (χ0) is 18.0. The van der Waals surface area contributed by atoms with Crippen LogP contribution in [0.3, 0.4) is 0 Å². The first-order valence-corrected chi connectivity index (χ1v) is 8.86. The minimum absolute atomic E-state index is 0.0616. The van der Waals surface area contributed by atoms with Gasteiger partial charge in [-0.05, 0) is 26.7 Å². The third-order valence-electron chi connectivity index (χ3n) is 5.17. The molecule has 26 heavy (non-hydrogen) atoms. The van der Waals surface area contributed by atoms with Crippen molar-refractivity contribution in [1.29, 1.82) is 0 Å². The summed E-state index contributed by atoms with van der Waals surface area (Å²) in [6.07, 6.45) is 3.64. The maximum Gasteiger partial charge on any atom is 0.285 e. The van der Waals surface area contributed by atoms with Crippen LogP contribution in [0.1, 0.15) is 59.4 Å². The van der Waals surface area contributed by atoms with Gasteiger partial charge in [0.2, 0.25) is 0 Å². The number of aromatic amines is 1. The highest BCUT2D eigenvalue weighted by atomic mass is 16.2. The lowest BCUT2D eigenvalue weighted by Gasteiger charge is -2.32. The maximum atomic E-state index is 13.0. The molecule has 9 heteroatoms. The van der Waals surface area contributed by atoms with Crippen LogP contribution in [0, 0.1) is 6.92 Å². The molecule has 0 unspecified atom stereocenters. The summed E-state index contributed by atoms with van der Waals surface area (Å²) in [5.74, 6) is 1.82. The Labute approximate surface area is 148 Å². The number of aryl methyl sites for hydroxylation is 1. The minimum Gasteiger partial charge on any atom is -0.327 e. The third-order valence-corrected chi connectivity index (χ3v) is 5.17. The predicted molar refractivity (Wildman–Crippen MR) is 92.0 cm³/mol. The average molecular weight is 353 g/mol. The molecule has 9 nitrogen and oxygen atoms in total. The van der Waals surface area contributed by atoms with E-state index in [1.807, 2.05) is 18.5 Å². The zero-order valence-electron chi connectivity index (χ0n) is 14.6. The molecule has 0 aromatic carbocycles. The second-order valence-electron chi connectivity index (χ2n) is 7.11. The normalized spacial score (nSPS) is 19.8. The third kappa shape index (κ3) is 2.19. The lowest BCUT2D eigenvalue weighted by molar-refractivity contribution is 0.0628. The van der Waals surface area contributed by atoms with Crippen molar-refractivity contribution in [3.8, 4) is 0 Å². The lowest BCUT2D eigenvalue weighted by Crippen LogP contribution is -2.43. The van der Waals surface area contributed by atoms with E-state index in [1.165, 1.54) is 10.7 Å². The highest BCUT2D eigenvalue weighted by molar-refractivity contribution is 5.94. The van der Waals surface area contributed by atoms with Gasteiger partial charge >= 0.3 is 0 Å². The summed E-state index contributed by atoms with van der Waals surface area (Å²) >= 11 is 0. The molecule has 134 valence electrons. The summed E-state index contributed by atoms with van der Waals surface area (Å²) < 4.78 is 3.20. The van der Waals surface area contributed by atoms with Crippen LogP contribution >= 0.6 is 0 Å². The van der Waals surface area contributed by atoms with E-state index in [0.29, 0.717) is 24.7 Å². The smallest absolute Gasteiger partial charge is 0.285 e. The Morgan fingerprint density at radius 3 is 2.88 bits per heavy atom. The van der Waals surface area contributed by atoms with Crippen molar-refractivity contribution in [2.75, 3.05) is 6.54 Å².